The van der Waals surface area contributed by atoms with Gasteiger partial charge in [-0.2, -0.15) is 13.2 Å². The number of fused-ring (bicyclic) bond motifs is 1. The molecule has 0 aliphatic carbocycles. The van der Waals surface area contributed by atoms with E-state index in [1.807, 2.05) is 86.6 Å². The van der Waals surface area contributed by atoms with E-state index in [1.165, 1.54) is 0 Å². The standard InChI is InChI=1S/C31H41N7O3.C2HF3O2/c1-20(2)17-25(32)28(39)38-27(18-21-9-4-3-5-10-21)30(41)37-26(13-8-16-35-31(33)34)29(40)36-24-15-14-22-11-6-7-12-23(22)19-24;3-2(4,5)1(6)7/h3-7,9-12,14-15,19-20,25-27H,8,13,16-18,32H2,1-2H3,(H,36,40)(H,37,41)(H,38,39)(H4,33,34,35);(H,6,7)/t25-,26+,27+;/m1./s1. The molecule has 0 unspecified atom stereocenters. The van der Waals surface area contributed by atoms with Crippen LogP contribution in [-0.4, -0.2) is 65.6 Å². The van der Waals surface area contributed by atoms with Crippen molar-refractivity contribution in [2.75, 3.05) is 11.9 Å². The summed E-state index contributed by atoms with van der Waals surface area (Å²) in [6.45, 7) is 4.31. The molecule has 0 spiro atoms. The number of hydrogen-bond donors (Lipinski definition) is 8. The van der Waals surface area contributed by atoms with Crippen LogP contribution in [0.1, 0.15) is 38.7 Å². The molecule has 0 saturated carbocycles. The second kappa shape index (κ2) is 18.8. The van der Waals surface area contributed by atoms with E-state index in [4.69, 9.17) is 26.8 Å². The number of anilines is 1. The first kappa shape index (κ1) is 39.0. The van der Waals surface area contributed by atoms with Gasteiger partial charge in [-0.05, 0) is 53.6 Å². The first-order chi connectivity index (χ1) is 22.6. The number of guanidine groups is 1. The van der Waals surface area contributed by atoms with Gasteiger partial charge in [-0.1, -0.05) is 74.5 Å². The van der Waals surface area contributed by atoms with Crippen molar-refractivity contribution in [1.29, 1.82) is 5.41 Å². The van der Waals surface area contributed by atoms with Crippen molar-refractivity contribution >= 4 is 46.1 Å². The van der Waals surface area contributed by atoms with Gasteiger partial charge in [0.2, 0.25) is 17.7 Å². The number of nitrogens with one attached hydrogen (secondary N) is 5. The maximum absolute atomic E-state index is 13.6. The zero-order chi connectivity index (χ0) is 35.9. The highest BCUT2D eigenvalue weighted by atomic mass is 19.4. The number of aliphatic carboxylic acids is 1. The molecule has 0 heterocycles. The third-order valence-corrected chi connectivity index (χ3v) is 6.86. The number of hydrogen-bond acceptors (Lipinski definition) is 6. The molecule has 260 valence electrons. The molecular weight excluding hydrogens is 631 g/mol. The minimum atomic E-state index is -5.08. The van der Waals surface area contributed by atoms with Crippen LogP contribution in [0.4, 0.5) is 18.9 Å². The molecule has 48 heavy (non-hydrogen) atoms. The molecule has 0 aliphatic rings. The highest BCUT2D eigenvalue weighted by molar-refractivity contribution is 6.00. The molecule has 0 fully saturated rings. The van der Waals surface area contributed by atoms with Gasteiger partial charge in [-0.3, -0.25) is 19.8 Å². The molecule has 0 bridgehead atoms. The summed E-state index contributed by atoms with van der Waals surface area (Å²) in [7, 11) is 0. The van der Waals surface area contributed by atoms with Crippen molar-refractivity contribution in [3.05, 3.63) is 78.4 Å². The predicted molar refractivity (Wildman–Crippen MR) is 177 cm³/mol. The van der Waals surface area contributed by atoms with Crippen LogP contribution in [0.2, 0.25) is 0 Å². The van der Waals surface area contributed by atoms with Gasteiger partial charge in [0.1, 0.15) is 12.1 Å². The fourth-order valence-corrected chi connectivity index (χ4v) is 4.52. The van der Waals surface area contributed by atoms with E-state index in [0.717, 1.165) is 16.3 Å². The third-order valence-electron chi connectivity index (χ3n) is 6.86. The number of carboxylic acids is 1. The number of carboxylic acid groups (broad SMARTS) is 1. The Labute approximate surface area is 276 Å². The third kappa shape index (κ3) is 14.1. The number of halogens is 3. The monoisotopic (exact) mass is 673 g/mol. The Bertz CT molecular complexity index is 1540. The zero-order valence-electron chi connectivity index (χ0n) is 26.6. The molecule has 3 rings (SSSR count). The summed E-state index contributed by atoms with van der Waals surface area (Å²) in [5, 5.41) is 27.8. The molecule has 0 saturated heterocycles. The van der Waals surface area contributed by atoms with E-state index in [2.05, 4.69) is 21.3 Å². The smallest absolute Gasteiger partial charge is 0.475 e. The molecule has 3 aromatic rings. The lowest BCUT2D eigenvalue weighted by atomic mass is 10.0. The number of benzene rings is 3. The second-order valence-corrected chi connectivity index (χ2v) is 11.4. The Hall–Kier alpha value is -5.18. The van der Waals surface area contributed by atoms with Gasteiger partial charge in [0.15, 0.2) is 5.96 Å². The van der Waals surface area contributed by atoms with E-state index in [1.54, 1.807) is 0 Å². The number of carbonyl (C=O) groups is 4. The molecule has 10 N–H and O–H groups in total. The summed E-state index contributed by atoms with van der Waals surface area (Å²) >= 11 is 0. The van der Waals surface area contributed by atoms with Crippen LogP contribution in [0, 0.1) is 11.3 Å². The van der Waals surface area contributed by atoms with Gasteiger partial charge in [0.05, 0.1) is 6.04 Å². The first-order valence-electron chi connectivity index (χ1n) is 15.1. The molecule has 3 amide bonds. The second-order valence-electron chi connectivity index (χ2n) is 11.4. The van der Waals surface area contributed by atoms with E-state index >= 15 is 0 Å². The van der Waals surface area contributed by atoms with Gasteiger partial charge >= 0.3 is 12.1 Å². The highest BCUT2D eigenvalue weighted by Crippen LogP contribution is 2.19. The summed E-state index contributed by atoms with van der Waals surface area (Å²) in [5.74, 6) is -4.02. The largest absolute Gasteiger partial charge is 0.490 e. The van der Waals surface area contributed by atoms with E-state index in [0.29, 0.717) is 25.1 Å². The van der Waals surface area contributed by atoms with Crippen LogP contribution in [0.3, 0.4) is 0 Å². The van der Waals surface area contributed by atoms with Crippen LogP contribution in [0.5, 0.6) is 0 Å². The maximum atomic E-state index is 13.6. The number of amides is 3. The van der Waals surface area contributed by atoms with Crippen molar-refractivity contribution in [1.82, 2.24) is 16.0 Å². The van der Waals surface area contributed by atoms with Gasteiger partial charge < -0.3 is 37.8 Å². The van der Waals surface area contributed by atoms with Crippen LogP contribution in [0.25, 0.3) is 10.8 Å². The van der Waals surface area contributed by atoms with E-state index < -0.39 is 48.0 Å². The van der Waals surface area contributed by atoms with E-state index in [-0.39, 0.29) is 24.7 Å². The normalized spacial score (nSPS) is 12.9. The molecule has 3 aromatic carbocycles. The summed E-state index contributed by atoms with van der Waals surface area (Å²) in [5.41, 5.74) is 12.9. The Morgan fingerprint density at radius 3 is 2.02 bits per heavy atom. The molecule has 15 heteroatoms. The molecule has 12 nitrogen and oxygen atoms in total. The van der Waals surface area contributed by atoms with Crippen molar-refractivity contribution in [2.45, 2.75) is 63.8 Å². The fraction of sp³-hybridized carbons (Fsp3) is 0.364. The van der Waals surface area contributed by atoms with Gasteiger partial charge in [-0.15, -0.1) is 0 Å². The molecule has 0 aliphatic heterocycles. The van der Waals surface area contributed by atoms with Gasteiger partial charge in [0.25, 0.3) is 0 Å². The summed E-state index contributed by atoms with van der Waals surface area (Å²) in [6, 6.07) is 20.2. The fourth-order valence-electron chi connectivity index (χ4n) is 4.52. The van der Waals surface area contributed by atoms with Crippen LogP contribution >= 0.6 is 0 Å². The zero-order valence-corrected chi connectivity index (χ0v) is 26.6. The number of rotatable bonds is 14. The van der Waals surface area contributed by atoms with E-state index in [9.17, 15) is 27.6 Å². The first-order valence-corrected chi connectivity index (χ1v) is 15.1. The lowest BCUT2D eigenvalue weighted by Crippen LogP contribution is -2.56. The lowest BCUT2D eigenvalue weighted by molar-refractivity contribution is -0.192. The van der Waals surface area contributed by atoms with Gasteiger partial charge in [0, 0.05) is 18.7 Å². The quantitative estimate of drug-likeness (QED) is 0.0721. The topological polar surface area (TPSA) is 213 Å². The molecular formula is C33H42F3N7O5. The van der Waals surface area contributed by atoms with Crippen molar-refractivity contribution in [3.63, 3.8) is 0 Å². The number of nitrogens with two attached hydrogens (primary N) is 2. The van der Waals surface area contributed by atoms with Gasteiger partial charge in [-0.25, -0.2) is 4.79 Å². The van der Waals surface area contributed by atoms with Crippen LogP contribution < -0.4 is 32.7 Å². The number of carbonyl (C=O) groups excluding carboxylic acids is 3. The Morgan fingerprint density at radius 2 is 1.44 bits per heavy atom. The summed E-state index contributed by atoms with van der Waals surface area (Å²) in [4.78, 5) is 48.8. The predicted octanol–water partition coefficient (Wildman–Crippen LogP) is 3.26. The Balaban J connectivity index is 0.00000103. The lowest BCUT2D eigenvalue weighted by Gasteiger charge is -2.25. The summed E-state index contributed by atoms with van der Waals surface area (Å²) < 4.78 is 31.7. The van der Waals surface area contributed by atoms with Crippen molar-refractivity contribution < 1.29 is 37.5 Å². The number of alkyl halides is 3. The summed E-state index contributed by atoms with van der Waals surface area (Å²) in [6.07, 6.45) is -3.63. The minimum absolute atomic E-state index is 0.172. The SMILES string of the molecule is CC(C)C[C@@H](N)C(=O)N[C@@H](Cc1ccccc1)C(=O)N[C@@H](CCCNC(=N)N)C(=O)Nc1ccc2ccccc2c1.O=C(O)C(F)(F)F. The average molecular weight is 674 g/mol. The average Bonchev–Trinajstić information content (AvgIpc) is 3.01. The van der Waals surface area contributed by atoms with Crippen molar-refractivity contribution in [2.24, 2.45) is 17.4 Å². The molecule has 3 atom stereocenters. The van der Waals surface area contributed by atoms with Crippen LogP contribution in [0.15, 0.2) is 72.8 Å². The maximum Gasteiger partial charge on any atom is 0.490 e. The van der Waals surface area contributed by atoms with Crippen molar-refractivity contribution in [3.8, 4) is 0 Å². The molecule has 0 radical (unpaired) electrons. The molecule has 0 aromatic heterocycles. The Morgan fingerprint density at radius 1 is 0.854 bits per heavy atom. The minimum Gasteiger partial charge on any atom is -0.475 e. The van der Waals surface area contributed by atoms with Crippen LogP contribution in [-0.2, 0) is 25.6 Å². The Kier molecular flexibility index (Phi) is 15.3. The highest BCUT2D eigenvalue weighted by Gasteiger charge is 2.38.